The zero-order chi connectivity index (χ0) is 21.9. The lowest BCUT2D eigenvalue weighted by Gasteiger charge is -2.22. The van der Waals surface area contributed by atoms with Crippen LogP contribution in [-0.2, 0) is 19.2 Å². The number of nitrogens with two attached hydrogens (primary N) is 2. The summed E-state index contributed by atoms with van der Waals surface area (Å²) >= 11 is 0. The maximum absolute atomic E-state index is 12.3. The summed E-state index contributed by atoms with van der Waals surface area (Å²) in [5.41, 5.74) is 11.0. The molecule has 5 atom stereocenters. The van der Waals surface area contributed by atoms with E-state index in [1.807, 2.05) is 0 Å². The Morgan fingerprint density at radius 1 is 0.964 bits per heavy atom. The van der Waals surface area contributed by atoms with Gasteiger partial charge in [0.05, 0.1) is 18.8 Å². The summed E-state index contributed by atoms with van der Waals surface area (Å²) in [5, 5.41) is 34.4. The summed E-state index contributed by atoms with van der Waals surface area (Å²) < 4.78 is 0. The van der Waals surface area contributed by atoms with E-state index in [1.165, 1.54) is 13.8 Å². The number of nitrogens with one attached hydrogen (secondary N) is 3. The second kappa shape index (κ2) is 13.0. The van der Waals surface area contributed by atoms with E-state index in [9.17, 15) is 29.4 Å². The summed E-state index contributed by atoms with van der Waals surface area (Å²) in [6.07, 6.45) is -1.09. The third-order valence-corrected chi connectivity index (χ3v) is 3.89. The zero-order valence-electron chi connectivity index (χ0n) is 16.1. The fourth-order valence-electron chi connectivity index (χ4n) is 2.15. The van der Waals surface area contributed by atoms with Crippen molar-refractivity contribution in [1.29, 1.82) is 0 Å². The number of unbranched alkanes of at least 4 members (excludes halogenated alkanes) is 1. The van der Waals surface area contributed by atoms with Crippen molar-refractivity contribution in [3.05, 3.63) is 0 Å². The normalized spacial score (nSPS) is 16.2. The number of carbonyl (C=O) groups excluding carboxylic acids is 3. The summed E-state index contributed by atoms with van der Waals surface area (Å²) in [4.78, 5) is 47.1. The summed E-state index contributed by atoms with van der Waals surface area (Å²) in [7, 11) is 0. The van der Waals surface area contributed by atoms with Crippen LogP contribution in [0.2, 0.25) is 0 Å². The fourth-order valence-corrected chi connectivity index (χ4v) is 2.15. The van der Waals surface area contributed by atoms with Gasteiger partial charge in [-0.25, -0.2) is 4.79 Å². The Labute approximate surface area is 163 Å². The molecule has 0 radical (unpaired) electrons. The lowest BCUT2D eigenvalue weighted by atomic mass is 10.1. The third kappa shape index (κ3) is 9.60. The van der Waals surface area contributed by atoms with Crippen molar-refractivity contribution >= 4 is 23.7 Å². The topological polar surface area (TPSA) is 217 Å². The molecular weight excluding hydrogens is 374 g/mol. The van der Waals surface area contributed by atoms with Gasteiger partial charge in [-0.3, -0.25) is 14.4 Å². The largest absolute Gasteiger partial charge is 0.480 e. The first-order chi connectivity index (χ1) is 13.0. The molecule has 0 aromatic carbocycles. The molecule has 0 saturated heterocycles. The molecule has 5 unspecified atom stereocenters. The molecule has 3 amide bonds. The number of aliphatic hydroxyl groups is 2. The van der Waals surface area contributed by atoms with E-state index >= 15 is 0 Å². The average Bonchev–Trinajstić information content (AvgIpc) is 2.61. The molecule has 10 N–H and O–H groups in total. The van der Waals surface area contributed by atoms with Crippen LogP contribution in [0.25, 0.3) is 0 Å². The lowest BCUT2D eigenvalue weighted by molar-refractivity contribution is -0.144. The van der Waals surface area contributed by atoms with Gasteiger partial charge in [-0.15, -0.1) is 0 Å². The number of amides is 3. The van der Waals surface area contributed by atoms with Crippen LogP contribution in [0.15, 0.2) is 0 Å². The van der Waals surface area contributed by atoms with Gasteiger partial charge in [-0.2, -0.15) is 0 Å². The smallest absolute Gasteiger partial charge is 0.328 e. The maximum Gasteiger partial charge on any atom is 0.328 e. The number of aliphatic hydroxyl groups excluding tert-OH is 2. The number of aliphatic carboxylic acids is 1. The van der Waals surface area contributed by atoms with Gasteiger partial charge in [-0.05, 0) is 39.7 Å². The molecule has 0 aromatic heterocycles. The van der Waals surface area contributed by atoms with Crippen LogP contribution in [-0.4, -0.2) is 82.4 Å². The molecule has 0 heterocycles. The van der Waals surface area contributed by atoms with E-state index in [1.54, 1.807) is 0 Å². The molecule has 0 aromatic rings. The van der Waals surface area contributed by atoms with Crippen LogP contribution in [0.4, 0.5) is 0 Å². The van der Waals surface area contributed by atoms with E-state index in [2.05, 4.69) is 16.0 Å². The maximum atomic E-state index is 12.3. The Kier molecular flexibility index (Phi) is 11.9. The van der Waals surface area contributed by atoms with E-state index in [4.69, 9.17) is 16.6 Å². The number of carboxylic acid groups (broad SMARTS) is 1. The first kappa shape index (κ1) is 25.7. The Balaban J connectivity index is 4.83. The molecule has 0 fully saturated rings. The monoisotopic (exact) mass is 405 g/mol. The molecule has 12 nitrogen and oxygen atoms in total. The predicted octanol–water partition coefficient (Wildman–Crippen LogP) is -3.63. The van der Waals surface area contributed by atoms with Gasteiger partial charge in [-0.1, -0.05) is 0 Å². The van der Waals surface area contributed by atoms with E-state index in [0.717, 1.165) is 0 Å². The molecule has 0 spiro atoms. The van der Waals surface area contributed by atoms with Gasteiger partial charge < -0.3 is 42.7 Å². The van der Waals surface area contributed by atoms with Crippen molar-refractivity contribution in [2.45, 2.75) is 63.4 Å². The fraction of sp³-hybridized carbons (Fsp3) is 0.750. The van der Waals surface area contributed by atoms with Crippen molar-refractivity contribution in [1.82, 2.24) is 16.0 Å². The summed E-state index contributed by atoms with van der Waals surface area (Å²) in [6.45, 7) is 2.38. The minimum Gasteiger partial charge on any atom is -0.480 e. The average molecular weight is 405 g/mol. The molecule has 0 aliphatic heterocycles. The molecule has 12 heteroatoms. The van der Waals surface area contributed by atoms with Crippen LogP contribution in [0.5, 0.6) is 0 Å². The standard InChI is InChI=1S/C16H31N5O7/c1-8(22)12(18)15(26)20-10(5-3-4-6-17)14(25)19-7-11(24)21-13(9(2)23)16(27)28/h8-10,12-13,22-23H,3-7,17-18H2,1-2H3,(H,19,25)(H,20,26)(H,21,24)(H,27,28). The Morgan fingerprint density at radius 2 is 1.57 bits per heavy atom. The highest BCUT2D eigenvalue weighted by Gasteiger charge is 2.27. The summed E-state index contributed by atoms with van der Waals surface area (Å²) in [6, 6.07) is -3.76. The van der Waals surface area contributed by atoms with Gasteiger partial charge in [0, 0.05) is 0 Å². The molecule has 0 aliphatic carbocycles. The Hall–Kier alpha value is -2.28. The number of carbonyl (C=O) groups is 4. The number of rotatable bonds is 13. The van der Waals surface area contributed by atoms with Crippen molar-refractivity contribution in [3.63, 3.8) is 0 Å². The van der Waals surface area contributed by atoms with Gasteiger partial charge in [0.25, 0.3) is 0 Å². The van der Waals surface area contributed by atoms with Gasteiger partial charge in [0.2, 0.25) is 17.7 Å². The van der Waals surface area contributed by atoms with Gasteiger partial charge >= 0.3 is 5.97 Å². The molecule has 28 heavy (non-hydrogen) atoms. The van der Waals surface area contributed by atoms with Crippen molar-refractivity contribution in [2.24, 2.45) is 11.5 Å². The predicted molar refractivity (Wildman–Crippen MR) is 98.7 cm³/mol. The number of hydrogen-bond acceptors (Lipinski definition) is 8. The first-order valence-corrected chi connectivity index (χ1v) is 8.93. The quantitative estimate of drug-likeness (QED) is 0.142. The highest BCUT2D eigenvalue weighted by Crippen LogP contribution is 2.02. The van der Waals surface area contributed by atoms with Crippen LogP contribution >= 0.6 is 0 Å². The third-order valence-electron chi connectivity index (χ3n) is 3.89. The van der Waals surface area contributed by atoms with E-state index in [0.29, 0.717) is 19.4 Å². The molecule has 0 aliphatic rings. The first-order valence-electron chi connectivity index (χ1n) is 8.93. The van der Waals surface area contributed by atoms with Crippen LogP contribution in [0.1, 0.15) is 33.1 Å². The number of carboxylic acids is 1. The van der Waals surface area contributed by atoms with Crippen LogP contribution in [0.3, 0.4) is 0 Å². The van der Waals surface area contributed by atoms with Crippen molar-refractivity contribution in [2.75, 3.05) is 13.1 Å². The second-order valence-electron chi connectivity index (χ2n) is 6.45. The Bertz CT molecular complexity index is 541. The van der Waals surface area contributed by atoms with Crippen molar-refractivity contribution < 1.29 is 34.5 Å². The molecule has 0 rings (SSSR count). The highest BCUT2D eigenvalue weighted by molar-refractivity contribution is 5.92. The lowest BCUT2D eigenvalue weighted by Crippen LogP contribution is -2.56. The minimum atomic E-state index is -1.52. The van der Waals surface area contributed by atoms with E-state index in [-0.39, 0.29) is 6.42 Å². The number of hydrogen-bond donors (Lipinski definition) is 8. The molecule has 0 bridgehead atoms. The van der Waals surface area contributed by atoms with Crippen LogP contribution in [0, 0.1) is 0 Å². The summed E-state index contributed by atoms with van der Waals surface area (Å²) in [5.74, 6) is -3.65. The molecule has 0 saturated carbocycles. The molecule has 162 valence electrons. The van der Waals surface area contributed by atoms with Gasteiger partial charge in [0.1, 0.15) is 12.1 Å². The second-order valence-corrected chi connectivity index (χ2v) is 6.45. The highest BCUT2D eigenvalue weighted by atomic mass is 16.4. The van der Waals surface area contributed by atoms with E-state index < -0.39 is 60.6 Å². The van der Waals surface area contributed by atoms with Crippen molar-refractivity contribution in [3.8, 4) is 0 Å². The Morgan fingerprint density at radius 3 is 2.04 bits per heavy atom. The molecular formula is C16H31N5O7. The van der Waals surface area contributed by atoms with Crippen LogP contribution < -0.4 is 27.4 Å². The SMILES string of the molecule is CC(O)C(N)C(=O)NC(CCCCN)C(=O)NCC(=O)NC(C(=O)O)C(C)O. The minimum absolute atomic E-state index is 0.231. The zero-order valence-corrected chi connectivity index (χ0v) is 16.1. The van der Waals surface area contributed by atoms with Gasteiger partial charge in [0.15, 0.2) is 6.04 Å².